The molecule has 0 spiro atoms. The highest BCUT2D eigenvalue weighted by Gasteiger charge is 2.47. The van der Waals surface area contributed by atoms with E-state index in [0.29, 0.717) is 12.1 Å². The fraction of sp³-hybridized carbons (Fsp3) is 0.550. The smallest absolute Gasteiger partial charge is 0.0959 e. The van der Waals surface area contributed by atoms with Crippen LogP contribution in [0.5, 0.6) is 0 Å². The Bertz CT molecular complexity index is 695. The predicted octanol–water partition coefficient (Wildman–Crippen LogP) is 3.13. The van der Waals surface area contributed by atoms with Gasteiger partial charge in [-0.1, -0.05) is 36.8 Å². The number of nitrogens with zero attached hydrogens (tertiary/aromatic N) is 3. The first-order chi connectivity index (χ1) is 11.5. The summed E-state index contributed by atoms with van der Waals surface area (Å²) in [7, 11) is 1.94. The first kappa shape index (κ1) is 15.9. The minimum Gasteiger partial charge on any atom is -0.385 e. The summed E-state index contributed by atoms with van der Waals surface area (Å²) in [4.78, 5) is 2.64. The van der Waals surface area contributed by atoms with Gasteiger partial charge in [-0.15, -0.1) is 0 Å². The van der Waals surface area contributed by atoms with Crippen LogP contribution in [0.1, 0.15) is 48.9 Å². The van der Waals surface area contributed by atoms with E-state index in [1.165, 1.54) is 24.8 Å². The number of fused-ring (bicyclic) bond motifs is 2. The summed E-state index contributed by atoms with van der Waals surface area (Å²) in [6.45, 7) is 3.01. The minimum atomic E-state index is -0.721. The normalized spacial score (nSPS) is 30.5. The highest BCUT2D eigenvalue weighted by atomic mass is 16.3. The van der Waals surface area contributed by atoms with Crippen LogP contribution in [-0.2, 0) is 19.2 Å². The van der Waals surface area contributed by atoms with Crippen molar-refractivity contribution in [3.8, 4) is 0 Å². The molecule has 2 aliphatic heterocycles. The van der Waals surface area contributed by atoms with E-state index in [1.807, 2.05) is 24.9 Å². The van der Waals surface area contributed by atoms with E-state index in [4.69, 9.17) is 0 Å². The third-order valence-corrected chi connectivity index (χ3v) is 5.88. The largest absolute Gasteiger partial charge is 0.385 e. The van der Waals surface area contributed by atoms with E-state index in [9.17, 15) is 5.11 Å². The van der Waals surface area contributed by atoms with Crippen molar-refractivity contribution in [2.24, 2.45) is 7.05 Å². The van der Waals surface area contributed by atoms with Crippen LogP contribution in [-0.4, -0.2) is 31.9 Å². The molecule has 2 bridgehead atoms. The molecule has 1 aromatic heterocycles. The van der Waals surface area contributed by atoms with Gasteiger partial charge in [-0.3, -0.25) is 9.58 Å². The third kappa shape index (κ3) is 2.78. The second kappa shape index (κ2) is 6.01. The lowest BCUT2D eigenvalue weighted by Crippen LogP contribution is -2.56. The van der Waals surface area contributed by atoms with Gasteiger partial charge in [0, 0.05) is 37.4 Å². The van der Waals surface area contributed by atoms with Crippen LogP contribution in [0.25, 0.3) is 0 Å². The highest BCUT2D eigenvalue weighted by Crippen LogP contribution is 2.45. The zero-order valence-electron chi connectivity index (χ0n) is 14.7. The standard InChI is InChI=1S/C20H27N3O/c1-15-19(14-22(2)21-15)20(24)11-17-9-6-10-18(12-20)23(17)13-16-7-4-3-5-8-16/h3-5,7-8,14,17-18,24H,6,9-13H2,1-2H3. The van der Waals surface area contributed by atoms with Crippen molar-refractivity contribution in [3.63, 3.8) is 0 Å². The molecule has 2 atom stereocenters. The van der Waals surface area contributed by atoms with E-state index >= 15 is 0 Å². The molecule has 0 aliphatic carbocycles. The number of hydrogen-bond acceptors (Lipinski definition) is 3. The van der Waals surface area contributed by atoms with Crippen molar-refractivity contribution in [2.75, 3.05) is 0 Å². The zero-order valence-corrected chi connectivity index (χ0v) is 14.7. The van der Waals surface area contributed by atoms with Crippen molar-refractivity contribution in [1.29, 1.82) is 0 Å². The summed E-state index contributed by atoms with van der Waals surface area (Å²) >= 11 is 0. The van der Waals surface area contributed by atoms with E-state index in [2.05, 4.69) is 40.3 Å². The maximum Gasteiger partial charge on any atom is 0.0959 e. The van der Waals surface area contributed by atoms with Crippen LogP contribution in [0.3, 0.4) is 0 Å². The Kier molecular flexibility index (Phi) is 3.97. The van der Waals surface area contributed by atoms with Gasteiger partial charge < -0.3 is 5.11 Å². The summed E-state index contributed by atoms with van der Waals surface area (Å²) < 4.78 is 1.83. The Hall–Kier alpha value is -1.65. The number of aromatic nitrogens is 2. The van der Waals surface area contributed by atoms with Gasteiger partial charge in [-0.2, -0.15) is 5.10 Å². The molecule has 4 rings (SSSR count). The second-order valence-electron chi connectivity index (χ2n) is 7.64. The van der Waals surface area contributed by atoms with Gasteiger partial charge in [0.25, 0.3) is 0 Å². The lowest BCUT2D eigenvalue weighted by Gasteiger charge is -2.52. The number of aliphatic hydroxyl groups is 1. The van der Waals surface area contributed by atoms with Crippen molar-refractivity contribution < 1.29 is 5.11 Å². The molecule has 2 fully saturated rings. The van der Waals surface area contributed by atoms with Gasteiger partial charge >= 0.3 is 0 Å². The Balaban J connectivity index is 1.59. The summed E-state index contributed by atoms with van der Waals surface area (Å²) in [5.74, 6) is 0. The topological polar surface area (TPSA) is 41.3 Å². The van der Waals surface area contributed by atoms with Crippen LogP contribution in [0, 0.1) is 6.92 Å². The quantitative estimate of drug-likeness (QED) is 0.942. The number of aryl methyl sites for hydroxylation is 2. The Morgan fingerprint density at radius 2 is 1.83 bits per heavy atom. The Labute approximate surface area is 144 Å². The van der Waals surface area contributed by atoms with Crippen molar-refractivity contribution in [2.45, 2.75) is 63.3 Å². The first-order valence-corrected chi connectivity index (χ1v) is 9.08. The zero-order chi connectivity index (χ0) is 16.7. The van der Waals surface area contributed by atoms with Gasteiger partial charge in [-0.05, 0) is 38.2 Å². The molecule has 2 saturated heterocycles. The van der Waals surface area contributed by atoms with Crippen LogP contribution in [0.4, 0.5) is 0 Å². The molecule has 0 saturated carbocycles. The van der Waals surface area contributed by atoms with Crippen LogP contribution in [0.15, 0.2) is 36.5 Å². The molecule has 0 radical (unpaired) electrons. The van der Waals surface area contributed by atoms with Gasteiger partial charge in [0.05, 0.1) is 11.3 Å². The average molecular weight is 325 g/mol. The van der Waals surface area contributed by atoms with Crippen LogP contribution >= 0.6 is 0 Å². The third-order valence-electron chi connectivity index (χ3n) is 5.88. The molecule has 2 aliphatic rings. The molecule has 4 heteroatoms. The maximum atomic E-state index is 11.4. The molecule has 1 aromatic carbocycles. The van der Waals surface area contributed by atoms with Gasteiger partial charge in [0.1, 0.15) is 0 Å². The fourth-order valence-electron chi connectivity index (χ4n) is 4.85. The molecule has 1 N–H and O–H groups in total. The monoisotopic (exact) mass is 325 g/mol. The van der Waals surface area contributed by atoms with E-state index in [0.717, 1.165) is 30.6 Å². The average Bonchev–Trinajstić information content (AvgIpc) is 2.89. The van der Waals surface area contributed by atoms with Gasteiger partial charge in [0.15, 0.2) is 0 Å². The van der Waals surface area contributed by atoms with Gasteiger partial charge in [-0.25, -0.2) is 0 Å². The molecule has 128 valence electrons. The van der Waals surface area contributed by atoms with E-state index in [-0.39, 0.29) is 0 Å². The Morgan fingerprint density at radius 1 is 1.17 bits per heavy atom. The number of piperidine rings is 2. The van der Waals surface area contributed by atoms with E-state index < -0.39 is 5.60 Å². The first-order valence-electron chi connectivity index (χ1n) is 9.08. The summed E-state index contributed by atoms with van der Waals surface area (Å²) in [6, 6.07) is 11.6. The van der Waals surface area contributed by atoms with Crippen molar-refractivity contribution in [3.05, 3.63) is 53.3 Å². The summed E-state index contributed by atoms with van der Waals surface area (Å²) in [6.07, 6.45) is 7.31. The minimum absolute atomic E-state index is 0.460. The molecular weight excluding hydrogens is 298 g/mol. The molecule has 0 amide bonds. The number of rotatable bonds is 3. The second-order valence-corrected chi connectivity index (χ2v) is 7.64. The SMILES string of the molecule is Cc1nn(C)cc1C1(O)CC2CCCC(C1)N2Cc1ccccc1. The number of hydrogen-bond donors (Lipinski definition) is 1. The molecule has 24 heavy (non-hydrogen) atoms. The van der Waals surface area contributed by atoms with Crippen molar-refractivity contribution in [1.82, 2.24) is 14.7 Å². The lowest BCUT2D eigenvalue weighted by atomic mass is 9.72. The predicted molar refractivity (Wildman–Crippen MR) is 94.5 cm³/mol. The van der Waals surface area contributed by atoms with Crippen LogP contribution < -0.4 is 0 Å². The fourth-order valence-corrected chi connectivity index (χ4v) is 4.85. The molecule has 2 aromatic rings. The Morgan fingerprint density at radius 3 is 2.42 bits per heavy atom. The molecule has 4 nitrogen and oxygen atoms in total. The van der Waals surface area contributed by atoms with Gasteiger partial charge in [0.2, 0.25) is 0 Å². The van der Waals surface area contributed by atoms with Crippen LogP contribution in [0.2, 0.25) is 0 Å². The summed E-state index contributed by atoms with van der Waals surface area (Å²) in [5, 5.41) is 15.9. The van der Waals surface area contributed by atoms with E-state index in [1.54, 1.807) is 0 Å². The molecule has 2 unspecified atom stereocenters. The number of benzene rings is 1. The maximum absolute atomic E-state index is 11.4. The molecule has 3 heterocycles. The molecular formula is C20H27N3O. The lowest BCUT2D eigenvalue weighted by molar-refractivity contribution is -0.100. The highest BCUT2D eigenvalue weighted by molar-refractivity contribution is 5.26. The summed E-state index contributed by atoms with van der Waals surface area (Å²) in [5.41, 5.74) is 2.65. The van der Waals surface area contributed by atoms with Crippen molar-refractivity contribution >= 4 is 0 Å².